The van der Waals surface area contributed by atoms with Crippen LogP contribution in [-0.2, 0) is 11.2 Å². The van der Waals surface area contributed by atoms with Gasteiger partial charge in [-0.15, -0.1) is 0 Å². The number of para-hydroxylation sites is 2. The number of carbonyl (C=O) groups excluding carboxylic acids is 2. The van der Waals surface area contributed by atoms with E-state index in [1.165, 1.54) is 5.56 Å². The molecule has 5 heteroatoms. The summed E-state index contributed by atoms with van der Waals surface area (Å²) in [5.74, 6) is 0.210. The van der Waals surface area contributed by atoms with Crippen LogP contribution < -0.4 is 10.2 Å². The van der Waals surface area contributed by atoms with Gasteiger partial charge in [-0.05, 0) is 49.4 Å². The Hall–Kier alpha value is -2.82. The maximum atomic E-state index is 13.1. The third-order valence-corrected chi connectivity index (χ3v) is 5.53. The lowest BCUT2D eigenvalue weighted by Crippen LogP contribution is -2.46. The van der Waals surface area contributed by atoms with Crippen molar-refractivity contribution < 1.29 is 9.59 Å². The Morgan fingerprint density at radius 1 is 0.889 bits per heavy atom. The number of hydrogen-bond acceptors (Lipinski definition) is 2. The van der Waals surface area contributed by atoms with Crippen LogP contribution in [0.25, 0.3) is 0 Å². The molecule has 2 aromatic carbocycles. The smallest absolute Gasteiger partial charge is 0.321 e. The maximum Gasteiger partial charge on any atom is 0.321 e. The van der Waals surface area contributed by atoms with Crippen LogP contribution in [0.4, 0.5) is 16.2 Å². The highest BCUT2D eigenvalue weighted by atomic mass is 16.2. The molecule has 0 saturated carbocycles. The molecule has 1 N–H and O–H groups in total. The second-order valence-corrected chi connectivity index (χ2v) is 7.28. The molecule has 0 bridgehead atoms. The number of piperidine rings is 1. The van der Waals surface area contributed by atoms with E-state index in [9.17, 15) is 9.59 Å². The van der Waals surface area contributed by atoms with E-state index in [0.29, 0.717) is 13.1 Å². The van der Waals surface area contributed by atoms with Crippen molar-refractivity contribution in [1.29, 1.82) is 0 Å². The quantitative estimate of drug-likeness (QED) is 0.879. The molecule has 3 amide bonds. The molecule has 0 atom stereocenters. The number of urea groups is 1. The number of fused-ring (bicyclic) bond motifs is 1. The molecule has 0 spiro atoms. The SMILES string of the molecule is O=C(Nc1ccccc1)N1CCC(C(=O)N2CCCc3ccccc32)CC1. The molecule has 0 aromatic heterocycles. The van der Waals surface area contributed by atoms with Crippen molar-refractivity contribution in [2.24, 2.45) is 5.92 Å². The van der Waals surface area contributed by atoms with Crippen LogP contribution in [0.3, 0.4) is 0 Å². The predicted molar refractivity (Wildman–Crippen MR) is 107 cm³/mol. The first kappa shape index (κ1) is 17.6. The molecular weight excluding hydrogens is 338 g/mol. The highest BCUT2D eigenvalue weighted by Gasteiger charge is 2.32. The van der Waals surface area contributed by atoms with E-state index in [-0.39, 0.29) is 17.9 Å². The molecular formula is C22H25N3O2. The van der Waals surface area contributed by atoms with Crippen molar-refractivity contribution >= 4 is 23.3 Å². The number of nitrogens with zero attached hydrogens (tertiary/aromatic N) is 2. The molecule has 0 unspecified atom stereocenters. The summed E-state index contributed by atoms with van der Waals surface area (Å²) in [5.41, 5.74) is 3.13. The highest BCUT2D eigenvalue weighted by molar-refractivity contribution is 5.96. The van der Waals surface area contributed by atoms with Crippen molar-refractivity contribution in [3.8, 4) is 0 Å². The van der Waals surface area contributed by atoms with Crippen molar-refractivity contribution in [1.82, 2.24) is 4.90 Å². The zero-order valence-corrected chi connectivity index (χ0v) is 15.4. The Bertz CT molecular complexity index is 813. The number of aryl methyl sites for hydroxylation is 1. The maximum absolute atomic E-state index is 13.1. The van der Waals surface area contributed by atoms with Crippen molar-refractivity contribution in [2.45, 2.75) is 25.7 Å². The van der Waals surface area contributed by atoms with Gasteiger partial charge in [-0.1, -0.05) is 36.4 Å². The van der Waals surface area contributed by atoms with Crippen molar-refractivity contribution in [3.63, 3.8) is 0 Å². The molecule has 27 heavy (non-hydrogen) atoms. The standard InChI is InChI=1S/C22H25N3O2/c26-21(25-14-6-8-17-7-4-5-11-20(17)25)18-12-15-24(16-13-18)22(27)23-19-9-2-1-3-10-19/h1-5,7,9-11,18H,6,8,12-16H2,(H,23,27). The van der Waals surface area contributed by atoms with E-state index in [1.54, 1.807) is 4.90 Å². The largest absolute Gasteiger partial charge is 0.324 e. The van der Waals surface area contributed by atoms with Crippen molar-refractivity contribution in [2.75, 3.05) is 29.9 Å². The van der Waals surface area contributed by atoms with Gasteiger partial charge < -0.3 is 15.1 Å². The monoisotopic (exact) mass is 363 g/mol. The lowest BCUT2D eigenvalue weighted by atomic mass is 9.93. The number of benzene rings is 2. The van der Waals surface area contributed by atoms with Gasteiger partial charge in [0.15, 0.2) is 0 Å². The fourth-order valence-electron chi connectivity index (χ4n) is 4.04. The Morgan fingerprint density at radius 2 is 1.59 bits per heavy atom. The number of nitrogens with one attached hydrogen (secondary N) is 1. The minimum Gasteiger partial charge on any atom is -0.324 e. The van der Waals surface area contributed by atoms with Gasteiger partial charge in [0.2, 0.25) is 5.91 Å². The highest BCUT2D eigenvalue weighted by Crippen LogP contribution is 2.30. The topological polar surface area (TPSA) is 52.7 Å². The van der Waals surface area contributed by atoms with Crippen LogP contribution in [0.2, 0.25) is 0 Å². The van der Waals surface area contributed by atoms with Crippen LogP contribution >= 0.6 is 0 Å². The molecule has 2 heterocycles. The van der Waals surface area contributed by atoms with Crippen LogP contribution in [0.5, 0.6) is 0 Å². The van der Waals surface area contributed by atoms with E-state index in [4.69, 9.17) is 0 Å². The second kappa shape index (κ2) is 7.82. The zero-order valence-electron chi connectivity index (χ0n) is 15.4. The summed E-state index contributed by atoms with van der Waals surface area (Å²) >= 11 is 0. The van der Waals surface area contributed by atoms with E-state index >= 15 is 0 Å². The summed E-state index contributed by atoms with van der Waals surface area (Å²) in [4.78, 5) is 29.3. The number of anilines is 2. The van der Waals surface area contributed by atoms with E-state index in [1.807, 2.05) is 47.4 Å². The first-order chi connectivity index (χ1) is 13.2. The van der Waals surface area contributed by atoms with Gasteiger partial charge in [-0.2, -0.15) is 0 Å². The van der Waals surface area contributed by atoms with Crippen LogP contribution in [0.15, 0.2) is 54.6 Å². The molecule has 2 aliphatic heterocycles. The first-order valence-electron chi connectivity index (χ1n) is 9.72. The normalized spacial score (nSPS) is 17.3. The summed E-state index contributed by atoms with van der Waals surface area (Å²) < 4.78 is 0. The van der Waals surface area contributed by atoms with Crippen LogP contribution in [0, 0.1) is 5.92 Å². The number of carbonyl (C=O) groups is 2. The third kappa shape index (κ3) is 3.82. The Balaban J connectivity index is 1.35. The molecule has 140 valence electrons. The Kier molecular flexibility index (Phi) is 5.10. The summed E-state index contributed by atoms with van der Waals surface area (Å²) in [7, 11) is 0. The van der Waals surface area contributed by atoms with E-state index < -0.39 is 0 Å². The minimum atomic E-state index is -0.0876. The molecule has 1 fully saturated rings. The van der Waals surface area contributed by atoms with Crippen LogP contribution in [-0.4, -0.2) is 36.5 Å². The van der Waals surface area contributed by atoms with Gasteiger partial charge in [0.25, 0.3) is 0 Å². The van der Waals surface area contributed by atoms with Gasteiger partial charge in [-0.25, -0.2) is 4.79 Å². The molecule has 5 nitrogen and oxygen atoms in total. The van der Waals surface area contributed by atoms with Gasteiger partial charge in [0.05, 0.1) is 0 Å². The number of amides is 3. The molecule has 0 radical (unpaired) electrons. The van der Waals surface area contributed by atoms with Gasteiger partial charge >= 0.3 is 6.03 Å². The van der Waals surface area contributed by atoms with E-state index in [2.05, 4.69) is 17.4 Å². The van der Waals surface area contributed by atoms with Crippen molar-refractivity contribution in [3.05, 3.63) is 60.2 Å². The Labute approximate surface area is 160 Å². The van der Waals surface area contributed by atoms with E-state index in [0.717, 1.165) is 43.6 Å². The summed E-state index contributed by atoms with van der Waals surface area (Å²) in [5, 5.41) is 2.92. The average Bonchev–Trinajstić information content (AvgIpc) is 2.73. The molecule has 2 aromatic rings. The number of rotatable bonds is 2. The average molecular weight is 363 g/mol. The number of likely N-dealkylation sites (tertiary alicyclic amines) is 1. The Morgan fingerprint density at radius 3 is 2.37 bits per heavy atom. The molecule has 4 rings (SSSR count). The lowest BCUT2D eigenvalue weighted by Gasteiger charge is -2.36. The zero-order chi connectivity index (χ0) is 18.6. The molecule has 2 aliphatic rings. The van der Waals surface area contributed by atoms with Crippen LogP contribution in [0.1, 0.15) is 24.8 Å². The number of hydrogen-bond donors (Lipinski definition) is 1. The van der Waals surface area contributed by atoms with Gasteiger partial charge in [0, 0.05) is 36.9 Å². The summed E-state index contributed by atoms with van der Waals surface area (Å²) in [6.07, 6.45) is 3.50. The first-order valence-corrected chi connectivity index (χ1v) is 9.72. The van der Waals surface area contributed by atoms with Gasteiger partial charge in [-0.3, -0.25) is 4.79 Å². The third-order valence-electron chi connectivity index (χ3n) is 5.53. The molecule has 1 saturated heterocycles. The second-order valence-electron chi connectivity index (χ2n) is 7.28. The summed E-state index contributed by atoms with van der Waals surface area (Å²) in [6.45, 7) is 2.03. The predicted octanol–water partition coefficient (Wildman–Crippen LogP) is 3.91. The minimum absolute atomic E-state index is 0.00284. The fraction of sp³-hybridized carbons (Fsp3) is 0.364. The fourth-order valence-corrected chi connectivity index (χ4v) is 4.04. The lowest BCUT2D eigenvalue weighted by molar-refractivity contribution is -0.123. The summed E-state index contributed by atoms with van der Waals surface area (Å²) in [6, 6.07) is 17.6. The molecule has 0 aliphatic carbocycles. The van der Waals surface area contributed by atoms with Gasteiger partial charge in [0.1, 0.15) is 0 Å².